The van der Waals surface area contributed by atoms with E-state index in [9.17, 15) is 13.6 Å². The molecular weight excluding hydrogens is 376 g/mol. The molecule has 0 unspecified atom stereocenters. The van der Waals surface area contributed by atoms with Gasteiger partial charge in [-0.3, -0.25) is 9.74 Å². The first kappa shape index (κ1) is 18.9. The van der Waals surface area contributed by atoms with Crippen LogP contribution in [0.3, 0.4) is 0 Å². The number of hydroxylamine groups is 1. The molecule has 0 aliphatic carbocycles. The maximum atomic E-state index is 14.0. The van der Waals surface area contributed by atoms with E-state index in [1.54, 1.807) is 6.20 Å². The van der Waals surface area contributed by atoms with Gasteiger partial charge in [-0.2, -0.15) is 0 Å². The van der Waals surface area contributed by atoms with Crippen molar-refractivity contribution in [3.8, 4) is 0 Å². The Balaban J connectivity index is 1.40. The summed E-state index contributed by atoms with van der Waals surface area (Å²) in [5, 5.41) is 0. The minimum absolute atomic E-state index is 0.245. The van der Waals surface area contributed by atoms with Gasteiger partial charge in [0.2, 0.25) is 0 Å². The van der Waals surface area contributed by atoms with Crippen molar-refractivity contribution in [3.05, 3.63) is 101 Å². The van der Waals surface area contributed by atoms with Crippen LogP contribution in [0, 0.1) is 11.6 Å². The van der Waals surface area contributed by atoms with Crippen molar-refractivity contribution >= 4 is 12.1 Å². The van der Waals surface area contributed by atoms with Crippen LogP contribution < -0.4 is 5.48 Å². The lowest BCUT2D eigenvalue weighted by Gasteiger charge is -2.24. The van der Waals surface area contributed by atoms with Gasteiger partial charge in [0.05, 0.1) is 19.7 Å². The average molecular weight is 395 g/mol. The standard InChI is InChI=1S/C22H19F2N3O2/c23-19-7-6-18(20(24)12-19)13-26-10-8-17-9-11-27(14-21(17)26)22(28)25-29-15-16-4-2-1-3-5-16/h1-12H,13-15H2,(H,25,28). The van der Waals surface area contributed by atoms with Crippen LogP contribution in [0.4, 0.5) is 13.6 Å². The molecule has 0 bridgehead atoms. The number of carbonyl (C=O) groups excluding carboxylic acids is 1. The molecule has 1 aliphatic rings. The lowest BCUT2D eigenvalue weighted by molar-refractivity contribution is 0.0399. The second kappa shape index (κ2) is 8.28. The summed E-state index contributed by atoms with van der Waals surface area (Å²) in [6, 6.07) is 14.5. The number of fused-ring (bicyclic) bond motifs is 1. The molecule has 1 N–H and O–H groups in total. The molecule has 0 fully saturated rings. The Morgan fingerprint density at radius 2 is 1.93 bits per heavy atom. The lowest BCUT2D eigenvalue weighted by atomic mass is 10.1. The van der Waals surface area contributed by atoms with Crippen LogP contribution in [0.15, 0.2) is 67.0 Å². The summed E-state index contributed by atoms with van der Waals surface area (Å²) in [7, 11) is 0. The van der Waals surface area contributed by atoms with Crippen LogP contribution in [0.2, 0.25) is 0 Å². The predicted molar refractivity (Wildman–Crippen MR) is 104 cm³/mol. The Morgan fingerprint density at radius 3 is 2.72 bits per heavy atom. The number of hydrogen-bond donors (Lipinski definition) is 1. The molecule has 0 saturated carbocycles. The van der Waals surface area contributed by atoms with E-state index in [2.05, 4.69) is 5.48 Å². The van der Waals surface area contributed by atoms with Gasteiger partial charge in [0.1, 0.15) is 11.6 Å². The van der Waals surface area contributed by atoms with Gasteiger partial charge in [0.15, 0.2) is 0 Å². The topological polar surface area (TPSA) is 46.5 Å². The molecule has 148 valence electrons. The van der Waals surface area contributed by atoms with Gasteiger partial charge in [-0.1, -0.05) is 36.4 Å². The number of rotatable bonds is 5. The summed E-state index contributed by atoms with van der Waals surface area (Å²) in [5.74, 6) is -1.20. The Bertz CT molecular complexity index is 1050. The zero-order valence-electron chi connectivity index (χ0n) is 15.5. The third kappa shape index (κ3) is 4.35. The summed E-state index contributed by atoms with van der Waals surface area (Å²) in [4.78, 5) is 19.2. The first-order chi connectivity index (χ1) is 14.1. The van der Waals surface area contributed by atoms with Gasteiger partial charge in [-0.15, -0.1) is 0 Å². The van der Waals surface area contributed by atoms with Crippen molar-refractivity contribution in [1.82, 2.24) is 14.9 Å². The maximum Gasteiger partial charge on any atom is 0.345 e. The molecule has 1 aliphatic heterocycles. The zero-order chi connectivity index (χ0) is 20.2. The van der Waals surface area contributed by atoms with Gasteiger partial charge in [0, 0.05) is 29.7 Å². The number of urea groups is 1. The number of nitrogens with zero attached hydrogens (tertiary/aromatic N) is 2. The second-order valence-corrected chi connectivity index (χ2v) is 6.71. The lowest BCUT2D eigenvalue weighted by Crippen LogP contribution is -2.37. The molecule has 4 rings (SSSR count). The van der Waals surface area contributed by atoms with Crippen molar-refractivity contribution in [2.45, 2.75) is 19.7 Å². The number of amides is 2. The Morgan fingerprint density at radius 1 is 1.10 bits per heavy atom. The van der Waals surface area contributed by atoms with E-state index in [-0.39, 0.29) is 13.2 Å². The number of carbonyl (C=O) groups is 1. The summed E-state index contributed by atoms with van der Waals surface area (Å²) in [6.07, 6.45) is 5.31. The number of aromatic nitrogens is 1. The van der Waals surface area contributed by atoms with E-state index in [0.717, 1.165) is 22.9 Å². The fourth-order valence-electron chi connectivity index (χ4n) is 3.18. The first-order valence-corrected chi connectivity index (χ1v) is 9.12. The smallest absolute Gasteiger partial charge is 0.345 e. The van der Waals surface area contributed by atoms with E-state index in [1.165, 1.54) is 17.0 Å². The normalized spacial score (nSPS) is 12.7. The molecule has 2 heterocycles. The molecule has 3 aromatic rings. The molecule has 5 nitrogen and oxygen atoms in total. The minimum Gasteiger partial charge on any atom is -0.345 e. The van der Waals surface area contributed by atoms with Crippen molar-refractivity contribution in [1.29, 1.82) is 0 Å². The highest BCUT2D eigenvalue weighted by atomic mass is 19.1. The maximum absolute atomic E-state index is 14.0. The Labute approximate surface area is 166 Å². The number of hydrogen-bond acceptors (Lipinski definition) is 2. The number of halogens is 2. The Hall–Kier alpha value is -3.45. The van der Waals surface area contributed by atoms with Gasteiger partial charge in [-0.05, 0) is 29.3 Å². The number of benzene rings is 2. The van der Waals surface area contributed by atoms with Crippen molar-refractivity contribution < 1.29 is 18.4 Å². The molecule has 2 aromatic carbocycles. The molecule has 7 heteroatoms. The fraction of sp³-hybridized carbons (Fsp3) is 0.136. The molecule has 29 heavy (non-hydrogen) atoms. The van der Waals surface area contributed by atoms with Crippen LogP contribution >= 0.6 is 0 Å². The second-order valence-electron chi connectivity index (χ2n) is 6.71. The van der Waals surface area contributed by atoms with Crippen LogP contribution in [0.1, 0.15) is 22.4 Å². The van der Waals surface area contributed by atoms with Gasteiger partial charge < -0.3 is 4.57 Å². The monoisotopic (exact) mass is 395 g/mol. The fourth-order valence-corrected chi connectivity index (χ4v) is 3.18. The highest BCUT2D eigenvalue weighted by Crippen LogP contribution is 2.23. The summed E-state index contributed by atoms with van der Waals surface area (Å²) in [6.45, 7) is 0.813. The van der Waals surface area contributed by atoms with Crippen LogP contribution in [0.5, 0.6) is 0 Å². The summed E-state index contributed by atoms with van der Waals surface area (Å²) >= 11 is 0. The molecule has 0 radical (unpaired) electrons. The SMILES string of the molecule is O=C(NOCc1ccccc1)N1C=Cc2ccn(Cc3ccc(F)cc3F)c2C1. The van der Waals surface area contributed by atoms with Crippen molar-refractivity contribution in [2.75, 3.05) is 0 Å². The van der Waals surface area contributed by atoms with Gasteiger partial charge in [-0.25, -0.2) is 19.1 Å². The van der Waals surface area contributed by atoms with Gasteiger partial charge in [0.25, 0.3) is 0 Å². The third-order valence-electron chi connectivity index (χ3n) is 4.73. The van der Waals surface area contributed by atoms with Gasteiger partial charge >= 0.3 is 6.03 Å². The van der Waals surface area contributed by atoms with Crippen molar-refractivity contribution in [3.63, 3.8) is 0 Å². The number of nitrogens with one attached hydrogen (secondary N) is 1. The first-order valence-electron chi connectivity index (χ1n) is 9.12. The molecule has 1 aromatic heterocycles. The Kier molecular flexibility index (Phi) is 5.39. The van der Waals surface area contributed by atoms with E-state index in [4.69, 9.17) is 4.84 Å². The molecule has 0 spiro atoms. The quantitative estimate of drug-likeness (QED) is 0.649. The van der Waals surface area contributed by atoms with E-state index in [0.29, 0.717) is 12.1 Å². The van der Waals surface area contributed by atoms with Crippen molar-refractivity contribution in [2.24, 2.45) is 0 Å². The molecular formula is C22H19F2N3O2. The third-order valence-corrected chi connectivity index (χ3v) is 4.73. The predicted octanol–water partition coefficient (Wildman–Crippen LogP) is 4.44. The largest absolute Gasteiger partial charge is 0.345 e. The summed E-state index contributed by atoms with van der Waals surface area (Å²) in [5.41, 5.74) is 5.56. The van der Waals surface area contributed by atoms with E-state index in [1.807, 2.05) is 53.2 Å². The minimum atomic E-state index is -0.609. The summed E-state index contributed by atoms with van der Waals surface area (Å²) < 4.78 is 29.0. The molecule has 0 saturated heterocycles. The highest BCUT2D eigenvalue weighted by molar-refractivity contribution is 5.76. The van der Waals surface area contributed by atoms with E-state index >= 15 is 0 Å². The highest BCUT2D eigenvalue weighted by Gasteiger charge is 2.20. The molecule has 0 atom stereocenters. The van der Waals surface area contributed by atoms with Crippen LogP contribution in [-0.4, -0.2) is 15.5 Å². The van der Waals surface area contributed by atoms with E-state index < -0.39 is 17.7 Å². The average Bonchev–Trinajstić information content (AvgIpc) is 3.13. The molecule has 2 amide bonds. The zero-order valence-corrected chi connectivity index (χ0v) is 15.5. The van der Waals surface area contributed by atoms with Crippen LogP contribution in [-0.2, 0) is 24.5 Å². The van der Waals surface area contributed by atoms with Crippen LogP contribution in [0.25, 0.3) is 6.08 Å².